The Labute approximate surface area is 172 Å². The van der Waals surface area contributed by atoms with E-state index in [2.05, 4.69) is 26.2 Å². The highest BCUT2D eigenvalue weighted by Crippen LogP contribution is 2.36. The summed E-state index contributed by atoms with van der Waals surface area (Å²) in [4.78, 5) is 4.33. The smallest absolute Gasteiger partial charge is 0.167 e. The normalized spacial score (nSPS) is 10.6. The molecule has 0 atom stereocenters. The summed E-state index contributed by atoms with van der Waals surface area (Å²) < 4.78 is 12.6. The number of methoxy groups -OCH3 is 1. The average Bonchev–Trinajstić information content (AvgIpc) is 2.70. The predicted molar refractivity (Wildman–Crippen MR) is 111 cm³/mol. The fourth-order valence-corrected chi connectivity index (χ4v) is 3.20. The van der Waals surface area contributed by atoms with Gasteiger partial charge in [0.25, 0.3) is 0 Å². The number of benzene rings is 2. The van der Waals surface area contributed by atoms with Crippen molar-refractivity contribution in [2.45, 2.75) is 19.7 Å². The summed E-state index contributed by atoms with van der Waals surface area (Å²) >= 11 is 9.57. The molecule has 0 bridgehead atoms. The lowest BCUT2D eigenvalue weighted by Crippen LogP contribution is -2.15. The second kappa shape index (κ2) is 9.74. The van der Waals surface area contributed by atoms with Crippen LogP contribution in [0.5, 0.6) is 11.5 Å². The van der Waals surface area contributed by atoms with E-state index in [9.17, 15) is 0 Å². The number of nitrogens with zero attached hydrogens (tertiary/aromatic N) is 1. The van der Waals surface area contributed by atoms with Gasteiger partial charge in [-0.2, -0.15) is 0 Å². The average molecular weight is 448 g/mol. The molecule has 0 aliphatic rings. The predicted octanol–water partition coefficient (Wildman–Crippen LogP) is 5.37. The third kappa shape index (κ3) is 5.45. The topological polar surface area (TPSA) is 43.4 Å². The molecule has 1 aromatic heterocycles. The van der Waals surface area contributed by atoms with E-state index in [1.807, 2.05) is 54.6 Å². The van der Waals surface area contributed by atoms with Gasteiger partial charge in [-0.05, 0) is 42.0 Å². The maximum atomic E-state index is 6.11. The van der Waals surface area contributed by atoms with Gasteiger partial charge in [-0.25, -0.2) is 0 Å². The van der Waals surface area contributed by atoms with Gasteiger partial charge in [0, 0.05) is 34.3 Å². The van der Waals surface area contributed by atoms with E-state index in [4.69, 9.17) is 21.1 Å². The van der Waals surface area contributed by atoms with Crippen LogP contribution in [0.3, 0.4) is 0 Å². The van der Waals surface area contributed by atoms with Gasteiger partial charge in [-0.1, -0.05) is 45.7 Å². The lowest BCUT2D eigenvalue weighted by atomic mass is 10.1. The monoisotopic (exact) mass is 446 g/mol. The minimum atomic E-state index is 0.428. The first-order valence-electron chi connectivity index (χ1n) is 8.50. The molecule has 140 valence electrons. The first-order valence-corrected chi connectivity index (χ1v) is 9.67. The Balaban J connectivity index is 1.74. The zero-order valence-corrected chi connectivity index (χ0v) is 17.3. The summed E-state index contributed by atoms with van der Waals surface area (Å²) in [7, 11) is 1.64. The van der Waals surface area contributed by atoms with E-state index >= 15 is 0 Å². The molecule has 0 fully saturated rings. The van der Waals surface area contributed by atoms with Crippen molar-refractivity contribution in [3.63, 3.8) is 0 Å². The summed E-state index contributed by atoms with van der Waals surface area (Å²) in [5.41, 5.74) is 3.02. The van der Waals surface area contributed by atoms with E-state index in [1.54, 1.807) is 13.3 Å². The highest BCUT2D eigenvalue weighted by Gasteiger charge is 2.15. The van der Waals surface area contributed by atoms with E-state index in [1.165, 1.54) is 0 Å². The third-order valence-electron chi connectivity index (χ3n) is 4.02. The fraction of sp³-hybridized carbons (Fsp3) is 0.190. The van der Waals surface area contributed by atoms with Crippen molar-refractivity contribution in [3.8, 4) is 11.5 Å². The molecule has 1 N–H and O–H groups in total. The number of rotatable bonds is 8. The van der Waals surface area contributed by atoms with Crippen LogP contribution < -0.4 is 14.8 Å². The largest absolute Gasteiger partial charge is 0.493 e. The van der Waals surface area contributed by atoms with Gasteiger partial charge in [0.05, 0.1) is 12.8 Å². The van der Waals surface area contributed by atoms with Crippen molar-refractivity contribution in [2.75, 3.05) is 7.11 Å². The van der Waals surface area contributed by atoms with Crippen LogP contribution in [-0.2, 0) is 19.7 Å². The van der Waals surface area contributed by atoms with E-state index in [0.717, 1.165) is 27.0 Å². The van der Waals surface area contributed by atoms with Gasteiger partial charge in [-0.15, -0.1) is 0 Å². The Morgan fingerprint density at radius 3 is 2.56 bits per heavy atom. The van der Waals surface area contributed by atoms with E-state index in [-0.39, 0.29) is 0 Å². The number of pyridine rings is 1. The second-order valence-electron chi connectivity index (χ2n) is 5.90. The van der Waals surface area contributed by atoms with Crippen molar-refractivity contribution in [3.05, 3.63) is 87.1 Å². The van der Waals surface area contributed by atoms with Gasteiger partial charge >= 0.3 is 0 Å². The van der Waals surface area contributed by atoms with Crippen LogP contribution >= 0.6 is 27.5 Å². The molecular weight excluding hydrogens is 428 g/mol. The highest BCUT2D eigenvalue weighted by molar-refractivity contribution is 9.10. The molecule has 0 saturated heterocycles. The van der Waals surface area contributed by atoms with Crippen molar-refractivity contribution < 1.29 is 9.47 Å². The summed E-state index contributed by atoms with van der Waals surface area (Å²) in [5, 5.41) is 4.12. The van der Waals surface area contributed by atoms with Gasteiger partial charge in [0.15, 0.2) is 11.5 Å². The summed E-state index contributed by atoms with van der Waals surface area (Å²) in [5.74, 6) is 1.41. The molecule has 4 nitrogen and oxygen atoms in total. The third-order valence-corrected chi connectivity index (χ3v) is 5.01. The zero-order chi connectivity index (χ0) is 19.1. The Morgan fingerprint density at radius 2 is 1.85 bits per heavy atom. The molecular formula is C21H20BrClN2O2. The van der Waals surface area contributed by atoms with Crippen LogP contribution in [0.4, 0.5) is 0 Å². The summed E-state index contributed by atoms with van der Waals surface area (Å²) in [6.45, 7) is 1.71. The van der Waals surface area contributed by atoms with Crippen LogP contribution in [0.1, 0.15) is 16.8 Å². The Bertz CT molecular complexity index is 873. The number of aromatic nitrogens is 1. The summed E-state index contributed by atoms with van der Waals surface area (Å²) in [6, 6.07) is 17.3. The number of hydrogen-bond acceptors (Lipinski definition) is 4. The lowest BCUT2D eigenvalue weighted by Gasteiger charge is -2.17. The minimum Gasteiger partial charge on any atom is -0.493 e. The van der Waals surface area contributed by atoms with E-state index < -0.39 is 0 Å². The van der Waals surface area contributed by atoms with Crippen molar-refractivity contribution >= 4 is 27.5 Å². The Kier molecular flexibility index (Phi) is 7.10. The molecule has 0 aliphatic carbocycles. The molecule has 1 heterocycles. The summed E-state index contributed by atoms with van der Waals surface area (Å²) in [6.07, 6.45) is 1.79. The number of halogens is 2. The van der Waals surface area contributed by atoms with Crippen LogP contribution in [0.2, 0.25) is 5.02 Å². The lowest BCUT2D eigenvalue weighted by molar-refractivity contribution is 0.280. The van der Waals surface area contributed by atoms with E-state index in [0.29, 0.717) is 30.5 Å². The zero-order valence-electron chi connectivity index (χ0n) is 14.9. The second-order valence-corrected chi connectivity index (χ2v) is 7.19. The van der Waals surface area contributed by atoms with Crippen molar-refractivity contribution in [1.82, 2.24) is 10.3 Å². The standard InChI is InChI=1S/C21H20BrClN2O2/c1-26-20-10-9-19(22)18(13-24-12-17-4-2-3-11-25-17)21(20)27-14-15-5-7-16(23)8-6-15/h2-11,24H,12-14H2,1H3. The minimum absolute atomic E-state index is 0.428. The van der Waals surface area contributed by atoms with Gasteiger partial charge in [0.2, 0.25) is 0 Å². The molecule has 3 rings (SSSR count). The first kappa shape index (κ1) is 19.7. The van der Waals surface area contributed by atoms with Crippen LogP contribution in [0.15, 0.2) is 65.3 Å². The number of ether oxygens (including phenoxy) is 2. The molecule has 0 saturated carbocycles. The molecule has 3 aromatic rings. The maximum Gasteiger partial charge on any atom is 0.167 e. The Hall–Kier alpha value is -2.08. The molecule has 0 radical (unpaired) electrons. The van der Waals surface area contributed by atoms with Gasteiger partial charge in [0.1, 0.15) is 6.61 Å². The molecule has 0 spiro atoms. The molecule has 0 aliphatic heterocycles. The molecule has 2 aromatic carbocycles. The van der Waals surface area contributed by atoms with Crippen LogP contribution in [0, 0.1) is 0 Å². The van der Waals surface area contributed by atoms with Gasteiger partial charge < -0.3 is 14.8 Å². The molecule has 27 heavy (non-hydrogen) atoms. The van der Waals surface area contributed by atoms with Gasteiger partial charge in [-0.3, -0.25) is 4.98 Å². The first-order chi connectivity index (χ1) is 13.2. The molecule has 0 amide bonds. The van der Waals surface area contributed by atoms with Crippen LogP contribution in [0.25, 0.3) is 0 Å². The fourth-order valence-electron chi connectivity index (χ4n) is 2.62. The quantitative estimate of drug-likeness (QED) is 0.504. The maximum absolute atomic E-state index is 6.11. The highest BCUT2D eigenvalue weighted by atomic mass is 79.9. The molecule has 0 unspecified atom stereocenters. The number of nitrogens with one attached hydrogen (secondary N) is 1. The van der Waals surface area contributed by atoms with Crippen LogP contribution in [-0.4, -0.2) is 12.1 Å². The SMILES string of the molecule is COc1ccc(Br)c(CNCc2ccccn2)c1OCc1ccc(Cl)cc1. The Morgan fingerprint density at radius 1 is 1.04 bits per heavy atom. The number of hydrogen-bond donors (Lipinski definition) is 1. The van der Waals surface area contributed by atoms with Crippen molar-refractivity contribution in [2.24, 2.45) is 0 Å². The van der Waals surface area contributed by atoms with Crippen molar-refractivity contribution in [1.29, 1.82) is 0 Å². The molecule has 6 heteroatoms.